The molecular weight excluding hydrogens is 857 g/mol. The molecule has 3 rings (SSSR count). The second-order valence-electron chi connectivity index (χ2n) is 14.4. The summed E-state index contributed by atoms with van der Waals surface area (Å²) < 4.78 is 59.8. The topological polar surface area (TPSA) is 202 Å². The smallest absolute Gasteiger partial charge is 0.255 e. The quantitative estimate of drug-likeness (QED) is 0.0529. The van der Waals surface area contributed by atoms with Gasteiger partial charge in [0.1, 0.15) is 6.29 Å². The molecule has 0 saturated heterocycles. The van der Waals surface area contributed by atoms with Gasteiger partial charge in [0, 0.05) is 61.8 Å². The Morgan fingerprint density at radius 1 is 0.606 bits per heavy atom. The Hall–Kier alpha value is -4.44. The van der Waals surface area contributed by atoms with E-state index in [-0.39, 0.29) is 18.2 Å². The fraction of sp³-hybridized carbons (Fsp3) is 0.583. The largest absolute Gasteiger partial charge is 0.385 e. The molecule has 2 aromatic carbocycles. The molecule has 18 heteroatoms. The van der Waals surface area contributed by atoms with Crippen molar-refractivity contribution in [2.24, 2.45) is 0 Å². The molecule has 0 fully saturated rings. The van der Waals surface area contributed by atoms with Crippen LogP contribution < -0.4 is 16.0 Å². The number of aromatic nitrogens is 1. The minimum atomic E-state index is -0.240. The molecule has 0 aliphatic carbocycles. The van der Waals surface area contributed by atoms with E-state index in [4.69, 9.17) is 52.1 Å². The van der Waals surface area contributed by atoms with Crippen molar-refractivity contribution in [1.82, 2.24) is 10.3 Å². The van der Waals surface area contributed by atoms with Crippen LogP contribution in [0.15, 0.2) is 60.8 Å². The number of nitrogens with one attached hydrogen (secondary N) is 3. The first kappa shape index (κ1) is 55.9. The zero-order chi connectivity index (χ0) is 47.0. The second kappa shape index (κ2) is 38.6. The van der Waals surface area contributed by atoms with Crippen molar-refractivity contribution in [2.75, 3.05) is 170 Å². The molecule has 3 aromatic rings. The number of hydrogen-bond acceptors (Lipinski definition) is 16. The van der Waals surface area contributed by atoms with E-state index in [1.54, 1.807) is 31.5 Å². The van der Waals surface area contributed by atoms with Crippen molar-refractivity contribution >= 4 is 29.5 Å². The zero-order valence-corrected chi connectivity index (χ0v) is 38.9. The Kier molecular flexibility index (Phi) is 32.7. The summed E-state index contributed by atoms with van der Waals surface area (Å²) in [7, 11) is 1.64. The first-order valence-electron chi connectivity index (χ1n) is 22.8. The van der Waals surface area contributed by atoms with E-state index in [2.05, 4.69) is 20.9 Å². The van der Waals surface area contributed by atoms with E-state index in [0.717, 1.165) is 36.9 Å². The van der Waals surface area contributed by atoms with E-state index in [9.17, 15) is 14.4 Å². The van der Waals surface area contributed by atoms with Crippen molar-refractivity contribution in [3.05, 3.63) is 77.5 Å². The number of carbonyl (C=O) groups excluding carboxylic acids is 3. The number of pyridine rings is 1. The van der Waals surface area contributed by atoms with Gasteiger partial charge in [-0.3, -0.25) is 19.4 Å². The molecule has 66 heavy (non-hydrogen) atoms. The number of hydrogen-bond donors (Lipinski definition) is 3. The van der Waals surface area contributed by atoms with Crippen LogP contribution in [0.2, 0.25) is 0 Å². The third-order valence-corrected chi connectivity index (χ3v) is 9.24. The molecule has 0 radical (unpaired) electrons. The number of benzene rings is 2. The Bertz CT molecular complexity index is 1720. The Morgan fingerprint density at radius 3 is 1.71 bits per heavy atom. The Morgan fingerprint density at radius 2 is 1.15 bits per heavy atom. The van der Waals surface area contributed by atoms with Crippen LogP contribution in [0.5, 0.6) is 0 Å². The molecule has 3 N–H and O–H groups in total. The fourth-order valence-electron chi connectivity index (χ4n) is 5.91. The number of ether oxygens (including phenoxy) is 11. The lowest BCUT2D eigenvalue weighted by molar-refractivity contribution is -0.122. The van der Waals surface area contributed by atoms with Gasteiger partial charge >= 0.3 is 0 Å². The summed E-state index contributed by atoms with van der Waals surface area (Å²) in [6, 6.07) is 16.5. The lowest BCUT2D eigenvalue weighted by Crippen LogP contribution is -2.28. The predicted octanol–water partition coefficient (Wildman–Crippen LogP) is 4.50. The number of nitrogens with zero attached hydrogens (tertiary/aromatic N) is 1. The third-order valence-electron chi connectivity index (χ3n) is 9.24. The summed E-state index contributed by atoms with van der Waals surface area (Å²) in [6.07, 6.45) is 4.16. The normalized spacial score (nSPS) is 11.2. The van der Waals surface area contributed by atoms with Crippen molar-refractivity contribution in [3.8, 4) is 11.3 Å². The van der Waals surface area contributed by atoms with Crippen LogP contribution in [-0.4, -0.2) is 182 Å². The molecule has 0 bridgehead atoms. The highest BCUT2D eigenvalue weighted by Crippen LogP contribution is 2.30. The van der Waals surface area contributed by atoms with Crippen molar-refractivity contribution in [3.63, 3.8) is 0 Å². The highest BCUT2D eigenvalue weighted by Gasteiger charge is 2.14. The number of rotatable bonds is 43. The monoisotopic (exact) mass is 929 g/mol. The molecular formula is C48H72N4O14. The number of aldehydes is 1. The van der Waals surface area contributed by atoms with E-state index in [0.29, 0.717) is 173 Å². The van der Waals surface area contributed by atoms with Gasteiger partial charge in [0.15, 0.2) is 0 Å². The molecule has 0 unspecified atom stereocenters. The van der Waals surface area contributed by atoms with Gasteiger partial charge in [0.2, 0.25) is 5.91 Å². The average Bonchev–Trinajstić information content (AvgIpc) is 3.33. The Balaban J connectivity index is 1.07. The lowest BCUT2D eigenvalue weighted by Gasteiger charge is -2.14. The van der Waals surface area contributed by atoms with E-state index >= 15 is 0 Å². The van der Waals surface area contributed by atoms with Gasteiger partial charge in [0.05, 0.1) is 144 Å². The summed E-state index contributed by atoms with van der Waals surface area (Å²) in [4.78, 5) is 41.2. The van der Waals surface area contributed by atoms with E-state index in [1.807, 2.05) is 43.3 Å². The predicted molar refractivity (Wildman–Crippen MR) is 250 cm³/mol. The SMILES string of the molecule is CCNc1ccc(NC(=O)c2cccc(CCCOCCOCCOCCOCCC(=O)NCCOCCOCCOCCOCCOCCOCCOC)c2)c(-c2cc(C=O)ccn2)c1. The van der Waals surface area contributed by atoms with Crippen LogP contribution in [-0.2, 0) is 63.3 Å². The van der Waals surface area contributed by atoms with E-state index < -0.39 is 0 Å². The van der Waals surface area contributed by atoms with Crippen molar-refractivity contribution < 1.29 is 66.5 Å². The number of aryl methyl sites for hydroxylation is 1. The van der Waals surface area contributed by atoms with Gasteiger partial charge in [-0.15, -0.1) is 0 Å². The summed E-state index contributed by atoms with van der Waals surface area (Å²) in [5.41, 5.74) is 4.85. The van der Waals surface area contributed by atoms with Crippen LogP contribution >= 0.6 is 0 Å². The maximum absolute atomic E-state index is 13.3. The van der Waals surface area contributed by atoms with Gasteiger partial charge in [0.25, 0.3) is 5.91 Å². The lowest BCUT2D eigenvalue weighted by atomic mass is 10.0. The number of carbonyl (C=O) groups is 3. The van der Waals surface area contributed by atoms with Gasteiger partial charge < -0.3 is 68.1 Å². The summed E-state index contributed by atoms with van der Waals surface area (Å²) >= 11 is 0. The second-order valence-corrected chi connectivity index (χ2v) is 14.4. The maximum atomic E-state index is 13.3. The van der Waals surface area contributed by atoms with E-state index in [1.165, 1.54) is 0 Å². The highest BCUT2D eigenvalue weighted by molar-refractivity contribution is 6.06. The number of amides is 2. The Labute approximate surface area is 389 Å². The van der Waals surface area contributed by atoms with Crippen LogP contribution in [0.1, 0.15) is 46.0 Å². The molecule has 0 saturated carbocycles. The van der Waals surface area contributed by atoms with Gasteiger partial charge in [-0.05, 0) is 67.8 Å². The fourth-order valence-corrected chi connectivity index (χ4v) is 5.91. The van der Waals surface area contributed by atoms with Crippen LogP contribution in [0.4, 0.5) is 11.4 Å². The summed E-state index contributed by atoms with van der Waals surface area (Å²) in [5.74, 6) is -0.342. The third kappa shape index (κ3) is 27.3. The molecule has 0 aliphatic heterocycles. The van der Waals surface area contributed by atoms with Gasteiger partial charge in [-0.2, -0.15) is 0 Å². The molecule has 1 heterocycles. The maximum Gasteiger partial charge on any atom is 0.255 e. The molecule has 0 aliphatic rings. The minimum absolute atomic E-state index is 0.103. The molecule has 2 amide bonds. The van der Waals surface area contributed by atoms with Crippen LogP contribution in [0, 0.1) is 0 Å². The molecule has 368 valence electrons. The molecule has 18 nitrogen and oxygen atoms in total. The molecule has 1 aromatic heterocycles. The first-order valence-corrected chi connectivity index (χ1v) is 22.8. The number of anilines is 2. The number of methoxy groups -OCH3 is 1. The van der Waals surface area contributed by atoms with Crippen molar-refractivity contribution in [1.29, 1.82) is 0 Å². The molecule has 0 spiro atoms. The standard InChI is InChI=1S/C48H72N4O14/c1-3-49-43-9-10-45(44(38-43)46-37-41(39-53)11-13-50-46)52-48(55)42-8-4-6-40(36-42)7-5-15-57-20-23-61-28-29-62-24-21-58-16-12-47(54)51-14-17-59-22-25-63-30-31-65-34-35-66-33-32-64-27-26-60-19-18-56-2/h4,6,8-11,13,36-39,49H,3,5,7,12,14-35H2,1-2H3,(H,51,54)(H,52,55). The molecule has 0 atom stereocenters. The first-order chi connectivity index (χ1) is 32.5. The highest BCUT2D eigenvalue weighted by atomic mass is 16.6. The minimum Gasteiger partial charge on any atom is -0.385 e. The van der Waals surface area contributed by atoms with Gasteiger partial charge in [-0.25, -0.2) is 0 Å². The van der Waals surface area contributed by atoms with Gasteiger partial charge in [-0.1, -0.05) is 12.1 Å². The van der Waals surface area contributed by atoms with Crippen LogP contribution in [0.3, 0.4) is 0 Å². The van der Waals surface area contributed by atoms with Crippen LogP contribution in [0.25, 0.3) is 11.3 Å². The summed E-state index contributed by atoms with van der Waals surface area (Å²) in [5, 5.41) is 9.12. The zero-order valence-electron chi connectivity index (χ0n) is 38.9. The van der Waals surface area contributed by atoms with Crippen molar-refractivity contribution in [2.45, 2.75) is 26.2 Å². The summed E-state index contributed by atoms with van der Waals surface area (Å²) in [6.45, 7) is 13.0. The average molecular weight is 929 g/mol.